The normalized spacial score (nSPS) is 12.2. The molecule has 5 aromatic rings. The smallest absolute Gasteiger partial charge is 0.477 e. The minimum atomic E-state index is -4.93. The van der Waals surface area contributed by atoms with Gasteiger partial charge in [0, 0.05) is 51.4 Å². The maximum atomic E-state index is 14.5. The Balaban J connectivity index is 1.87. The van der Waals surface area contributed by atoms with E-state index in [1.54, 1.807) is 24.5 Å². The molecule has 0 spiro atoms. The number of fused-ring (bicyclic) bond motifs is 2. The fourth-order valence-corrected chi connectivity index (χ4v) is 4.62. The number of hydrogen-bond donors (Lipinski definition) is 4. The summed E-state index contributed by atoms with van der Waals surface area (Å²) < 4.78 is 57.7. The summed E-state index contributed by atoms with van der Waals surface area (Å²) in [5.74, 6) is -2.59. The lowest BCUT2D eigenvalue weighted by Gasteiger charge is -2.15. The second kappa shape index (κ2) is 7.93. The monoisotopic (exact) mass is 485 g/mol. The van der Waals surface area contributed by atoms with Gasteiger partial charge in [0.25, 0.3) is 0 Å². The van der Waals surface area contributed by atoms with Crippen LogP contribution in [0.1, 0.15) is 35.8 Å². The van der Waals surface area contributed by atoms with Gasteiger partial charge in [0.1, 0.15) is 17.3 Å². The first kappa shape index (κ1) is 22.6. The van der Waals surface area contributed by atoms with E-state index in [1.807, 2.05) is 13.8 Å². The number of carboxylic acids is 1. The number of benzene rings is 2. The van der Waals surface area contributed by atoms with Crippen LogP contribution < -0.4 is 4.74 Å². The van der Waals surface area contributed by atoms with Gasteiger partial charge >= 0.3 is 12.3 Å². The summed E-state index contributed by atoms with van der Waals surface area (Å²) in [4.78, 5) is 21.1. The van der Waals surface area contributed by atoms with Gasteiger partial charge in [0.2, 0.25) is 0 Å². The van der Waals surface area contributed by atoms with Crippen molar-refractivity contribution in [2.75, 3.05) is 0 Å². The molecule has 0 saturated carbocycles. The summed E-state index contributed by atoms with van der Waals surface area (Å²) in [5, 5.41) is 11.2. The third-order valence-electron chi connectivity index (χ3n) is 5.88. The second-order valence-corrected chi connectivity index (χ2v) is 8.47. The van der Waals surface area contributed by atoms with E-state index in [1.165, 1.54) is 24.3 Å². The van der Waals surface area contributed by atoms with Crippen LogP contribution in [-0.2, 0) is 0 Å². The predicted molar refractivity (Wildman–Crippen MR) is 123 cm³/mol. The summed E-state index contributed by atoms with van der Waals surface area (Å²) in [6.45, 7) is 3.67. The van der Waals surface area contributed by atoms with Gasteiger partial charge < -0.3 is 24.8 Å². The largest absolute Gasteiger partial charge is 0.573 e. The number of aromatic carboxylic acids is 1. The molecule has 0 aliphatic carbocycles. The van der Waals surface area contributed by atoms with Crippen LogP contribution in [0.2, 0.25) is 0 Å². The SMILES string of the molecule is CC(C)c1c(-c2cc(F)cc3[nH]ccc23)[nH]c(C(=O)O)c1-c1cc(OC(F)(F)F)cc2[nH]ccc12. The molecule has 3 heterocycles. The van der Waals surface area contributed by atoms with Crippen molar-refractivity contribution in [2.45, 2.75) is 26.1 Å². The number of ether oxygens (including phenoxy) is 1. The highest BCUT2D eigenvalue weighted by molar-refractivity contribution is 6.07. The molecule has 0 unspecified atom stereocenters. The quantitative estimate of drug-likeness (QED) is 0.199. The molecular weight excluding hydrogens is 466 g/mol. The number of hydrogen-bond acceptors (Lipinski definition) is 2. The molecule has 180 valence electrons. The number of nitrogens with one attached hydrogen (secondary N) is 3. The molecule has 6 nitrogen and oxygen atoms in total. The molecular formula is C25H19F4N3O3. The number of H-pyrrole nitrogens is 3. The Hall–Kier alpha value is -4.21. The van der Waals surface area contributed by atoms with Crippen LogP contribution in [-0.4, -0.2) is 32.4 Å². The first-order valence-electron chi connectivity index (χ1n) is 10.7. The van der Waals surface area contributed by atoms with Crippen LogP contribution in [0.4, 0.5) is 17.6 Å². The number of carboxylic acid groups (broad SMARTS) is 1. The summed E-state index contributed by atoms with van der Waals surface area (Å²) in [5.41, 5.74) is 2.45. The van der Waals surface area contributed by atoms with E-state index in [2.05, 4.69) is 19.7 Å². The molecule has 0 fully saturated rings. The van der Waals surface area contributed by atoms with E-state index in [4.69, 9.17) is 0 Å². The van der Waals surface area contributed by atoms with Crippen LogP contribution in [0.25, 0.3) is 44.2 Å². The van der Waals surface area contributed by atoms with Crippen LogP contribution in [0.15, 0.2) is 48.8 Å². The lowest BCUT2D eigenvalue weighted by Crippen LogP contribution is -2.17. The molecule has 0 aliphatic rings. The van der Waals surface area contributed by atoms with Crippen LogP contribution >= 0.6 is 0 Å². The van der Waals surface area contributed by atoms with Crippen molar-refractivity contribution in [1.82, 2.24) is 15.0 Å². The molecule has 35 heavy (non-hydrogen) atoms. The Morgan fingerprint density at radius 2 is 1.60 bits per heavy atom. The Bertz CT molecular complexity index is 1590. The van der Waals surface area contributed by atoms with Crippen LogP contribution in [0, 0.1) is 5.82 Å². The van der Waals surface area contributed by atoms with E-state index >= 15 is 0 Å². The Morgan fingerprint density at radius 1 is 0.971 bits per heavy atom. The molecule has 0 aliphatic heterocycles. The van der Waals surface area contributed by atoms with Crippen molar-refractivity contribution in [3.63, 3.8) is 0 Å². The lowest BCUT2D eigenvalue weighted by atomic mass is 9.89. The third-order valence-corrected chi connectivity index (χ3v) is 5.88. The maximum absolute atomic E-state index is 14.5. The van der Waals surface area contributed by atoms with Gasteiger partial charge in [-0.25, -0.2) is 9.18 Å². The minimum Gasteiger partial charge on any atom is -0.477 e. The van der Waals surface area contributed by atoms with Gasteiger partial charge in [0.15, 0.2) is 0 Å². The highest BCUT2D eigenvalue weighted by Crippen LogP contribution is 2.45. The van der Waals surface area contributed by atoms with Crippen molar-refractivity contribution in [3.8, 4) is 28.1 Å². The van der Waals surface area contributed by atoms with Gasteiger partial charge in [-0.05, 0) is 47.4 Å². The zero-order valence-electron chi connectivity index (χ0n) is 18.5. The predicted octanol–water partition coefficient (Wildman–Crippen LogP) is 7.17. The number of alkyl halides is 3. The van der Waals surface area contributed by atoms with Crippen molar-refractivity contribution >= 4 is 27.8 Å². The molecule has 0 bridgehead atoms. The van der Waals surface area contributed by atoms with E-state index in [0.29, 0.717) is 38.6 Å². The maximum Gasteiger partial charge on any atom is 0.573 e. The van der Waals surface area contributed by atoms with Gasteiger partial charge in [-0.15, -0.1) is 13.2 Å². The molecule has 4 N–H and O–H groups in total. The van der Waals surface area contributed by atoms with E-state index < -0.39 is 23.9 Å². The summed E-state index contributed by atoms with van der Waals surface area (Å²) >= 11 is 0. The fourth-order valence-electron chi connectivity index (χ4n) is 4.62. The molecule has 0 amide bonds. The van der Waals surface area contributed by atoms with E-state index in [9.17, 15) is 27.5 Å². The number of rotatable bonds is 5. The zero-order chi connectivity index (χ0) is 25.1. The highest BCUT2D eigenvalue weighted by Gasteiger charge is 2.33. The average molecular weight is 485 g/mol. The standard InChI is InChI=1S/C25H19F4N3O3/c1-11(2)20-21(16-9-13(35-25(27,28)29)10-19-14(16)3-5-31-19)23(24(33)34)32-22(20)17-7-12(26)8-18-15(17)4-6-30-18/h3-11,30-32H,1-2H3,(H,33,34). The third kappa shape index (κ3) is 3.90. The molecule has 3 aromatic heterocycles. The first-order chi connectivity index (χ1) is 16.5. The molecule has 0 saturated heterocycles. The van der Waals surface area contributed by atoms with E-state index in [0.717, 1.165) is 0 Å². The molecule has 0 atom stereocenters. The first-order valence-corrected chi connectivity index (χ1v) is 10.7. The molecule has 5 rings (SSSR count). The van der Waals surface area contributed by atoms with E-state index in [-0.39, 0.29) is 22.7 Å². The lowest BCUT2D eigenvalue weighted by molar-refractivity contribution is -0.274. The fraction of sp³-hybridized carbons (Fsp3) is 0.160. The van der Waals surface area contributed by atoms with Gasteiger partial charge in [-0.1, -0.05) is 13.8 Å². The average Bonchev–Trinajstić information content (AvgIpc) is 3.48. The van der Waals surface area contributed by atoms with Gasteiger partial charge in [-0.2, -0.15) is 0 Å². The molecule has 0 radical (unpaired) electrons. The van der Waals surface area contributed by atoms with Crippen molar-refractivity contribution in [2.24, 2.45) is 0 Å². The molecule has 2 aromatic carbocycles. The number of aromatic nitrogens is 3. The summed E-state index contributed by atoms with van der Waals surface area (Å²) in [7, 11) is 0. The number of carbonyl (C=O) groups is 1. The van der Waals surface area contributed by atoms with Gasteiger partial charge in [-0.3, -0.25) is 0 Å². The van der Waals surface area contributed by atoms with Crippen LogP contribution in [0.3, 0.4) is 0 Å². The van der Waals surface area contributed by atoms with Crippen molar-refractivity contribution in [3.05, 3.63) is 65.9 Å². The summed E-state index contributed by atoms with van der Waals surface area (Å²) in [6.07, 6.45) is -1.74. The Labute approximate surface area is 195 Å². The zero-order valence-corrected chi connectivity index (χ0v) is 18.5. The van der Waals surface area contributed by atoms with Crippen LogP contribution in [0.5, 0.6) is 5.75 Å². The minimum absolute atomic E-state index is 0.215. The second-order valence-electron chi connectivity index (χ2n) is 8.47. The van der Waals surface area contributed by atoms with Crippen molar-refractivity contribution in [1.29, 1.82) is 0 Å². The Kier molecular flexibility index (Phi) is 5.12. The topological polar surface area (TPSA) is 93.9 Å². The van der Waals surface area contributed by atoms with Gasteiger partial charge in [0.05, 0.1) is 5.69 Å². The summed E-state index contributed by atoms with van der Waals surface area (Å²) in [6, 6.07) is 8.40. The van der Waals surface area contributed by atoms with Crippen molar-refractivity contribution < 1.29 is 32.2 Å². The Morgan fingerprint density at radius 3 is 2.20 bits per heavy atom. The highest BCUT2D eigenvalue weighted by atomic mass is 19.4. The molecule has 10 heteroatoms. The number of halogens is 4. The number of aromatic amines is 3.